The summed E-state index contributed by atoms with van der Waals surface area (Å²) >= 11 is 0. The molecule has 1 atom stereocenters. The summed E-state index contributed by atoms with van der Waals surface area (Å²) in [5, 5.41) is 8.95. The molecule has 1 aliphatic heterocycles. The van der Waals surface area contributed by atoms with Gasteiger partial charge < -0.3 is 19.5 Å². The van der Waals surface area contributed by atoms with Gasteiger partial charge in [0.1, 0.15) is 0 Å². The van der Waals surface area contributed by atoms with Crippen LogP contribution in [0.3, 0.4) is 0 Å². The molecule has 1 saturated heterocycles. The van der Waals surface area contributed by atoms with Crippen molar-refractivity contribution in [3.8, 4) is 0 Å². The van der Waals surface area contributed by atoms with Gasteiger partial charge in [-0.05, 0) is 18.9 Å². The molecule has 1 fully saturated rings. The third-order valence-corrected chi connectivity index (χ3v) is 2.61. The van der Waals surface area contributed by atoms with Crippen LogP contribution in [-0.4, -0.2) is 63.2 Å². The molecule has 14 heavy (non-hydrogen) atoms. The molecule has 4 nitrogen and oxygen atoms in total. The highest BCUT2D eigenvalue weighted by Gasteiger charge is 2.20. The Bertz CT molecular complexity index is 143. The topological polar surface area (TPSA) is 41.9 Å². The zero-order valence-corrected chi connectivity index (χ0v) is 8.95. The first kappa shape index (κ1) is 11.9. The van der Waals surface area contributed by atoms with Crippen molar-refractivity contribution in [1.29, 1.82) is 0 Å². The summed E-state index contributed by atoms with van der Waals surface area (Å²) < 4.78 is 10.3. The van der Waals surface area contributed by atoms with Crippen LogP contribution in [-0.2, 0) is 9.47 Å². The molecule has 0 bridgehead atoms. The molecule has 0 radical (unpaired) electrons. The molecule has 1 heterocycles. The summed E-state index contributed by atoms with van der Waals surface area (Å²) in [6, 6.07) is 0. The minimum atomic E-state index is 0.320. The van der Waals surface area contributed by atoms with Gasteiger partial charge in [0.05, 0.1) is 19.8 Å². The lowest BCUT2D eigenvalue weighted by Gasteiger charge is -2.15. The normalized spacial score (nSPS) is 23.1. The van der Waals surface area contributed by atoms with Gasteiger partial charge in [0.15, 0.2) is 0 Å². The second-order valence-corrected chi connectivity index (χ2v) is 3.74. The SMILES string of the molecule is COCCOCCN1CCC(CO)C1. The maximum absolute atomic E-state index is 8.95. The van der Waals surface area contributed by atoms with Crippen LogP contribution in [0.25, 0.3) is 0 Å². The van der Waals surface area contributed by atoms with Crippen molar-refractivity contribution in [2.24, 2.45) is 5.92 Å². The molecule has 0 saturated carbocycles. The molecule has 0 aromatic rings. The molecule has 0 aromatic heterocycles. The fraction of sp³-hybridized carbons (Fsp3) is 1.00. The van der Waals surface area contributed by atoms with Gasteiger partial charge in [-0.3, -0.25) is 0 Å². The Morgan fingerprint density at radius 2 is 2.21 bits per heavy atom. The van der Waals surface area contributed by atoms with Crippen LogP contribution >= 0.6 is 0 Å². The summed E-state index contributed by atoms with van der Waals surface area (Å²) in [5.74, 6) is 0.481. The van der Waals surface area contributed by atoms with E-state index in [1.807, 2.05) is 0 Å². The van der Waals surface area contributed by atoms with Crippen LogP contribution in [0.2, 0.25) is 0 Å². The highest BCUT2D eigenvalue weighted by molar-refractivity contribution is 4.74. The van der Waals surface area contributed by atoms with Crippen molar-refractivity contribution in [3.05, 3.63) is 0 Å². The smallest absolute Gasteiger partial charge is 0.0700 e. The minimum Gasteiger partial charge on any atom is -0.396 e. The van der Waals surface area contributed by atoms with Crippen molar-refractivity contribution >= 4 is 0 Å². The fourth-order valence-corrected chi connectivity index (χ4v) is 1.70. The summed E-state index contributed by atoms with van der Waals surface area (Å²) in [6.45, 7) is 5.51. The summed E-state index contributed by atoms with van der Waals surface area (Å²) in [4.78, 5) is 2.34. The number of hydrogen-bond donors (Lipinski definition) is 1. The molecular weight excluding hydrogens is 182 g/mol. The summed E-state index contributed by atoms with van der Waals surface area (Å²) in [5.41, 5.74) is 0. The number of nitrogens with zero attached hydrogens (tertiary/aromatic N) is 1. The first-order chi connectivity index (χ1) is 6.86. The summed E-state index contributed by atoms with van der Waals surface area (Å²) in [7, 11) is 1.68. The van der Waals surface area contributed by atoms with Crippen molar-refractivity contribution < 1.29 is 14.6 Å². The van der Waals surface area contributed by atoms with Gasteiger partial charge >= 0.3 is 0 Å². The van der Waals surface area contributed by atoms with Crippen LogP contribution in [0.5, 0.6) is 0 Å². The number of hydrogen-bond acceptors (Lipinski definition) is 4. The Labute approximate surface area is 85.8 Å². The van der Waals surface area contributed by atoms with E-state index in [-0.39, 0.29) is 0 Å². The molecule has 0 aromatic carbocycles. The van der Waals surface area contributed by atoms with E-state index in [1.165, 1.54) is 0 Å². The van der Waals surface area contributed by atoms with Crippen molar-refractivity contribution in [2.75, 3.05) is 53.2 Å². The molecule has 4 heteroatoms. The Morgan fingerprint density at radius 3 is 2.86 bits per heavy atom. The summed E-state index contributed by atoms with van der Waals surface area (Å²) in [6.07, 6.45) is 1.12. The van der Waals surface area contributed by atoms with Crippen LogP contribution in [0, 0.1) is 5.92 Å². The molecule has 1 aliphatic rings. The first-order valence-corrected chi connectivity index (χ1v) is 5.26. The van der Waals surface area contributed by atoms with E-state index < -0.39 is 0 Å². The van der Waals surface area contributed by atoms with Crippen LogP contribution in [0.4, 0.5) is 0 Å². The molecule has 84 valence electrons. The highest BCUT2D eigenvalue weighted by atomic mass is 16.5. The molecule has 0 amide bonds. The van der Waals surface area contributed by atoms with Gasteiger partial charge in [0.25, 0.3) is 0 Å². The van der Waals surface area contributed by atoms with E-state index in [2.05, 4.69) is 4.90 Å². The standard InChI is InChI=1S/C10H21NO3/c1-13-6-7-14-5-4-11-3-2-10(8-11)9-12/h10,12H,2-9H2,1H3. The van der Waals surface area contributed by atoms with E-state index >= 15 is 0 Å². The van der Waals surface area contributed by atoms with Crippen LogP contribution in [0.1, 0.15) is 6.42 Å². The number of aliphatic hydroxyl groups excluding tert-OH is 1. The van der Waals surface area contributed by atoms with Crippen molar-refractivity contribution in [2.45, 2.75) is 6.42 Å². The number of rotatable bonds is 7. The predicted molar refractivity (Wildman–Crippen MR) is 54.3 cm³/mol. The number of aliphatic hydroxyl groups is 1. The second kappa shape index (κ2) is 7.17. The van der Waals surface area contributed by atoms with E-state index in [0.29, 0.717) is 25.7 Å². The largest absolute Gasteiger partial charge is 0.396 e. The molecule has 1 unspecified atom stereocenters. The third-order valence-electron chi connectivity index (χ3n) is 2.61. The fourth-order valence-electron chi connectivity index (χ4n) is 1.70. The Kier molecular flexibility index (Phi) is 6.10. The number of ether oxygens (including phenoxy) is 2. The van der Waals surface area contributed by atoms with Crippen LogP contribution in [0.15, 0.2) is 0 Å². The second-order valence-electron chi connectivity index (χ2n) is 3.74. The monoisotopic (exact) mass is 203 g/mol. The molecule has 1 N–H and O–H groups in total. The molecular formula is C10H21NO3. The Hall–Kier alpha value is -0.160. The average Bonchev–Trinajstić information content (AvgIpc) is 2.65. The lowest BCUT2D eigenvalue weighted by atomic mass is 10.1. The van der Waals surface area contributed by atoms with E-state index in [4.69, 9.17) is 14.6 Å². The highest BCUT2D eigenvalue weighted by Crippen LogP contribution is 2.14. The number of likely N-dealkylation sites (tertiary alicyclic amines) is 1. The third kappa shape index (κ3) is 4.37. The van der Waals surface area contributed by atoms with Crippen LogP contribution < -0.4 is 0 Å². The predicted octanol–water partition coefficient (Wildman–Crippen LogP) is -0.0364. The van der Waals surface area contributed by atoms with E-state index in [0.717, 1.165) is 32.7 Å². The van der Waals surface area contributed by atoms with Gasteiger partial charge in [0, 0.05) is 26.8 Å². The Morgan fingerprint density at radius 1 is 1.36 bits per heavy atom. The van der Waals surface area contributed by atoms with Gasteiger partial charge in [-0.15, -0.1) is 0 Å². The van der Waals surface area contributed by atoms with E-state index in [1.54, 1.807) is 7.11 Å². The zero-order chi connectivity index (χ0) is 10.2. The van der Waals surface area contributed by atoms with Gasteiger partial charge in [-0.1, -0.05) is 0 Å². The molecule has 0 spiro atoms. The molecule has 1 rings (SSSR count). The quantitative estimate of drug-likeness (QED) is 0.590. The van der Waals surface area contributed by atoms with Gasteiger partial charge in [0.2, 0.25) is 0 Å². The maximum Gasteiger partial charge on any atom is 0.0700 e. The lowest BCUT2D eigenvalue weighted by molar-refractivity contribution is 0.0595. The average molecular weight is 203 g/mol. The van der Waals surface area contributed by atoms with Crippen molar-refractivity contribution in [3.63, 3.8) is 0 Å². The zero-order valence-electron chi connectivity index (χ0n) is 8.95. The lowest BCUT2D eigenvalue weighted by Crippen LogP contribution is -2.26. The van der Waals surface area contributed by atoms with Gasteiger partial charge in [-0.25, -0.2) is 0 Å². The Balaban J connectivity index is 1.92. The van der Waals surface area contributed by atoms with E-state index in [9.17, 15) is 0 Å². The first-order valence-electron chi connectivity index (χ1n) is 5.26. The maximum atomic E-state index is 8.95. The van der Waals surface area contributed by atoms with Crippen molar-refractivity contribution in [1.82, 2.24) is 4.90 Å². The van der Waals surface area contributed by atoms with Gasteiger partial charge in [-0.2, -0.15) is 0 Å². The minimum absolute atomic E-state index is 0.320. The molecule has 0 aliphatic carbocycles. The number of methoxy groups -OCH3 is 1.